The number of hydrogen-bond donors (Lipinski definition) is 2. The maximum atomic E-state index is 12.1. The fraction of sp³-hybridized carbons (Fsp3) is 0.950. The molecular weight excluding hydrogens is 334 g/mol. The number of nitrogens with zero attached hydrogens (tertiary/aromatic N) is 1. The van der Waals surface area contributed by atoms with Crippen LogP contribution in [0.4, 0.5) is 0 Å². The summed E-state index contributed by atoms with van der Waals surface area (Å²) in [5.74, 6) is 2.77. The number of rotatable bonds is 6. The van der Waals surface area contributed by atoms with Crippen molar-refractivity contribution in [1.82, 2.24) is 15.5 Å². The van der Waals surface area contributed by atoms with E-state index in [1.165, 1.54) is 64.6 Å². The smallest absolute Gasteiger partial charge is 0.237 e. The number of nitrogens with one attached hydrogen (secondary N) is 2. The lowest BCUT2D eigenvalue weighted by atomic mass is 9.80. The van der Waals surface area contributed by atoms with Crippen molar-refractivity contribution in [2.45, 2.75) is 70.8 Å². The van der Waals surface area contributed by atoms with Crippen LogP contribution < -0.4 is 10.6 Å². The SMILES string of the molecule is CC1CCCC(CCN2CCCC(CNC(=O)C3CCCN3)C2)C1.Cl. The maximum absolute atomic E-state index is 12.1. The van der Waals surface area contributed by atoms with Gasteiger partial charge in [-0.2, -0.15) is 0 Å². The lowest BCUT2D eigenvalue weighted by Gasteiger charge is -2.35. The first kappa shape index (κ1) is 21.0. The second-order valence-electron chi connectivity index (χ2n) is 8.63. The highest BCUT2D eigenvalue weighted by Gasteiger charge is 2.25. The van der Waals surface area contributed by atoms with Crippen molar-refractivity contribution in [3.63, 3.8) is 0 Å². The molecule has 0 aromatic rings. The Balaban J connectivity index is 0.00000225. The van der Waals surface area contributed by atoms with Crippen LogP contribution in [0.15, 0.2) is 0 Å². The first-order valence-electron chi connectivity index (χ1n) is 10.4. The summed E-state index contributed by atoms with van der Waals surface area (Å²) < 4.78 is 0. The monoisotopic (exact) mass is 371 g/mol. The van der Waals surface area contributed by atoms with E-state index in [1.54, 1.807) is 0 Å². The second kappa shape index (κ2) is 10.7. The van der Waals surface area contributed by atoms with Gasteiger partial charge in [-0.3, -0.25) is 4.79 Å². The van der Waals surface area contributed by atoms with Crippen LogP contribution in [0.5, 0.6) is 0 Å². The van der Waals surface area contributed by atoms with E-state index < -0.39 is 0 Å². The predicted molar refractivity (Wildman–Crippen MR) is 106 cm³/mol. The number of carbonyl (C=O) groups excluding carboxylic acids is 1. The molecular formula is C20H38ClN3O. The van der Waals surface area contributed by atoms with Gasteiger partial charge in [0.2, 0.25) is 5.91 Å². The molecule has 1 aliphatic carbocycles. The molecule has 5 heteroatoms. The summed E-state index contributed by atoms with van der Waals surface area (Å²) in [6.45, 7) is 8.00. The Morgan fingerprint density at radius 1 is 1.12 bits per heavy atom. The van der Waals surface area contributed by atoms with E-state index in [9.17, 15) is 4.79 Å². The lowest BCUT2D eigenvalue weighted by Crippen LogP contribution is -2.45. The molecule has 0 radical (unpaired) electrons. The highest BCUT2D eigenvalue weighted by Crippen LogP contribution is 2.31. The first-order valence-corrected chi connectivity index (χ1v) is 10.4. The standard InChI is InChI=1S/C20H37N3O.ClH/c1-16-5-2-6-17(13-16)9-12-23-11-4-7-18(15-23)14-22-20(24)19-8-3-10-21-19;/h16-19,21H,2-15H2,1H3,(H,22,24);1H. The van der Waals surface area contributed by atoms with Crippen molar-refractivity contribution in [2.24, 2.45) is 17.8 Å². The molecule has 25 heavy (non-hydrogen) atoms. The van der Waals surface area contributed by atoms with E-state index in [0.717, 1.165) is 37.8 Å². The summed E-state index contributed by atoms with van der Waals surface area (Å²) in [5.41, 5.74) is 0. The zero-order valence-electron chi connectivity index (χ0n) is 16.0. The van der Waals surface area contributed by atoms with Crippen LogP contribution in [-0.2, 0) is 4.79 Å². The zero-order valence-corrected chi connectivity index (χ0v) is 16.8. The second-order valence-corrected chi connectivity index (χ2v) is 8.63. The van der Waals surface area contributed by atoms with E-state index >= 15 is 0 Å². The Morgan fingerprint density at radius 2 is 1.96 bits per heavy atom. The fourth-order valence-electron chi connectivity index (χ4n) is 4.98. The number of carbonyl (C=O) groups is 1. The summed E-state index contributed by atoms with van der Waals surface area (Å²) in [6, 6.07) is 0.0676. The summed E-state index contributed by atoms with van der Waals surface area (Å²) >= 11 is 0. The molecule has 3 fully saturated rings. The van der Waals surface area contributed by atoms with E-state index in [0.29, 0.717) is 5.92 Å². The van der Waals surface area contributed by atoms with Crippen LogP contribution in [0.1, 0.15) is 64.7 Å². The van der Waals surface area contributed by atoms with Crippen molar-refractivity contribution >= 4 is 18.3 Å². The normalized spacial score (nSPS) is 33.6. The van der Waals surface area contributed by atoms with E-state index in [2.05, 4.69) is 22.5 Å². The largest absolute Gasteiger partial charge is 0.354 e. The Morgan fingerprint density at radius 3 is 2.72 bits per heavy atom. The minimum Gasteiger partial charge on any atom is -0.354 e. The van der Waals surface area contributed by atoms with Gasteiger partial charge in [-0.1, -0.05) is 26.2 Å². The molecule has 2 aliphatic heterocycles. The summed E-state index contributed by atoms with van der Waals surface area (Å²) in [4.78, 5) is 14.8. The molecule has 4 unspecified atom stereocenters. The average Bonchev–Trinajstić information content (AvgIpc) is 3.13. The van der Waals surface area contributed by atoms with E-state index in [-0.39, 0.29) is 24.4 Å². The number of amides is 1. The fourth-order valence-corrected chi connectivity index (χ4v) is 4.98. The van der Waals surface area contributed by atoms with Gasteiger partial charge in [-0.25, -0.2) is 0 Å². The summed E-state index contributed by atoms with van der Waals surface area (Å²) in [7, 11) is 0. The quantitative estimate of drug-likeness (QED) is 0.753. The van der Waals surface area contributed by atoms with Gasteiger partial charge < -0.3 is 15.5 Å². The Bertz CT molecular complexity index is 400. The minimum atomic E-state index is 0. The van der Waals surface area contributed by atoms with Crippen LogP contribution in [0.25, 0.3) is 0 Å². The molecule has 0 aromatic heterocycles. The topological polar surface area (TPSA) is 44.4 Å². The maximum Gasteiger partial charge on any atom is 0.237 e. The van der Waals surface area contributed by atoms with Crippen LogP contribution in [0, 0.1) is 17.8 Å². The average molecular weight is 372 g/mol. The van der Waals surface area contributed by atoms with Gasteiger partial charge in [-0.15, -0.1) is 12.4 Å². The van der Waals surface area contributed by atoms with Crippen molar-refractivity contribution in [2.75, 3.05) is 32.7 Å². The predicted octanol–water partition coefficient (Wildman–Crippen LogP) is 3.20. The van der Waals surface area contributed by atoms with Crippen LogP contribution in [0.3, 0.4) is 0 Å². The van der Waals surface area contributed by atoms with Gasteiger partial charge in [0.15, 0.2) is 0 Å². The number of halogens is 1. The molecule has 4 nitrogen and oxygen atoms in total. The van der Waals surface area contributed by atoms with Crippen LogP contribution >= 0.6 is 12.4 Å². The molecule has 2 N–H and O–H groups in total. The highest BCUT2D eigenvalue weighted by atomic mass is 35.5. The molecule has 2 heterocycles. The molecule has 2 saturated heterocycles. The number of piperidine rings is 1. The zero-order chi connectivity index (χ0) is 16.8. The lowest BCUT2D eigenvalue weighted by molar-refractivity contribution is -0.123. The van der Waals surface area contributed by atoms with Gasteiger partial charge >= 0.3 is 0 Å². The van der Waals surface area contributed by atoms with Gasteiger partial charge in [-0.05, 0) is 75.9 Å². The van der Waals surface area contributed by atoms with E-state index in [4.69, 9.17) is 0 Å². The molecule has 0 bridgehead atoms. The Hall–Kier alpha value is -0.320. The molecule has 0 aromatic carbocycles. The van der Waals surface area contributed by atoms with E-state index in [1.807, 2.05) is 0 Å². The van der Waals surface area contributed by atoms with Crippen molar-refractivity contribution in [1.29, 1.82) is 0 Å². The summed E-state index contributed by atoms with van der Waals surface area (Å²) in [6.07, 6.45) is 11.9. The van der Waals surface area contributed by atoms with Gasteiger partial charge in [0.05, 0.1) is 6.04 Å². The number of hydrogen-bond acceptors (Lipinski definition) is 3. The molecule has 146 valence electrons. The molecule has 1 amide bonds. The van der Waals surface area contributed by atoms with Crippen molar-refractivity contribution < 1.29 is 4.79 Å². The molecule has 3 rings (SSSR count). The Kier molecular flexibility index (Phi) is 9.01. The van der Waals surface area contributed by atoms with Gasteiger partial charge in [0, 0.05) is 13.1 Å². The first-order chi connectivity index (χ1) is 11.7. The van der Waals surface area contributed by atoms with Crippen LogP contribution in [0.2, 0.25) is 0 Å². The van der Waals surface area contributed by atoms with Crippen molar-refractivity contribution in [3.05, 3.63) is 0 Å². The van der Waals surface area contributed by atoms with Gasteiger partial charge in [0.25, 0.3) is 0 Å². The minimum absolute atomic E-state index is 0. The van der Waals surface area contributed by atoms with Crippen LogP contribution in [-0.4, -0.2) is 49.6 Å². The Labute approximate surface area is 160 Å². The highest BCUT2D eigenvalue weighted by molar-refractivity contribution is 5.85. The van der Waals surface area contributed by atoms with Crippen molar-refractivity contribution in [3.8, 4) is 0 Å². The van der Waals surface area contributed by atoms with Gasteiger partial charge in [0.1, 0.15) is 0 Å². The molecule has 4 atom stereocenters. The third kappa shape index (κ3) is 6.73. The molecule has 0 spiro atoms. The number of likely N-dealkylation sites (tertiary alicyclic amines) is 1. The molecule has 1 saturated carbocycles. The third-order valence-electron chi connectivity index (χ3n) is 6.44. The summed E-state index contributed by atoms with van der Waals surface area (Å²) in [5, 5.41) is 6.49. The third-order valence-corrected chi connectivity index (χ3v) is 6.44. The molecule has 3 aliphatic rings.